The zero-order chi connectivity index (χ0) is 27.4. The van der Waals surface area contributed by atoms with Crippen LogP contribution in [0.5, 0.6) is 5.88 Å². The molecular formula is C28H35N7O4. The van der Waals surface area contributed by atoms with Crippen LogP contribution >= 0.6 is 0 Å². The fourth-order valence-electron chi connectivity index (χ4n) is 4.88. The molecular weight excluding hydrogens is 498 g/mol. The lowest BCUT2D eigenvalue weighted by atomic mass is 10.1. The molecule has 0 spiro atoms. The molecule has 0 bridgehead atoms. The van der Waals surface area contributed by atoms with Gasteiger partial charge in [0, 0.05) is 69.5 Å². The van der Waals surface area contributed by atoms with Crippen molar-refractivity contribution in [1.82, 2.24) is 14.9 Å². The van der Waals surface area contributed by atoms with Gasteiger partial charge in [-0.15, -0.1) is 0 Å². The number of rotatable bonds is 8. The molecule has 2 aliphatic rings. The zero-order valence-corrected chi connectivity index (χ0v) is 22.5. The highest BCUT2D eigenvalue weighted by Crippen LogP contribution is 2.34. The predicted molar refractivity (Wildman–Crippen MR) is 153 cm³/mol. The standard InChI is InChI=1S/C28H35N7O4/c1-18(38-3)17-34-11-13-35(14-12-34)21-6-4-20(5-7-21)32-27(37)24-22(8-9-30-26(24)36)33-23-16-31-28-25(19(23)2)29-10-15-39-28/h4-9,16,18,29H,10-15,17H2,1-3H3,(H,32,37)(H2,30,33,36). The third kappa shape index (κ3) is 5.99. The molecule has 5 rings (SSSR count). The van der Waals surface area contributed by atoms with Crippen LogP contribution < -0.4 is 31.1 Å². The van der Waals surface area contributed by atoms with Gasteiger partial charge in [0.2, 0.25) is 5.88 Å². The second-order valence-electron chi connectivity index (χ2n) is 9.81. The molecule has 2 aliphatic heterocycles. The average molecular weight is 534 g/mol. The second-order valence-corrected chi connectivity index (χ2v) is 9.81. The van der Waals surface area contributed by atoms with Crippen LogP contribution in [0.4, 0.5) is 28.4 Å². The lowest BCUT2D eigenvalue weighted by molar-refractivity contribution is 0.0749. The number of ether oxygens (including phenoxy) is 2. The molecule has 1 aromatic carbocycles. The van der Waals surface area contributed by atoms with Gasteiger partial charge in [0.05, 0.1) is 23.7 Å². The summed E-state index contributed by atoms with van der Waals surface area (Å²) in [5, 5.41) is 9.37. The van der Waals surface area contributed by atoms with Gasteiger partial charge in [-0.25, -0.2) is 4.98 Å². The number of pyridine rings is 2. The highest BCUT2D eigenvalue weighted by molar-refractivity contribution is 6.08. The van der Waals surface area contributed by atoms with E-state index < -0.39 is 11.5 Å². The van der Waals surface area contributed by atoms with Crippen molar-refractivity contribution in [2.75, 3.05) is 73.8 Å². The summed E-state index contributed by atoms with van der Waals surface area (Å²) in [6.07, 6.45) is 3.37. The van der Waals surface area contributed by atoms with Crippen LogP contribution in [0.25, 0.3) is 0 Å². The van der Waals surface area contributed by atoms with Gasteiger partial charge in [0.1, 0.15) is 17.9 Å². The van der Waals surface area contributed by atoms with Gasteiger partial charge < -0.3 is 35.3 Å². The Hall–Kier alpha value is -4.09. The predicted octanol–water partition coefficient (Wildman–Crippen LogP) is 3.04. The summed E-state index contributed by atoms with van der Waals surface area (Å²) in [4.78, 5) is 37.7. The van der Waals surface area contributed by atoms with E-state index in [4.69, 9.17) is 9.47 Å². The highest BCUT2D eigenvalue weighted by Gasteiger charge is 2.21. The van der Waals surface area contributed by atoms with Gasteiger partial charge in [-0.1, -0.05) is 0 Å². The van der Waals surface area contributed by atoms with Gasteiger partial charge in [0.25, 0.3) is 11.5 Å². The number of methoxy groups -OCH3 is 1. The van der Waals surface area contributed by atoms with Crippen molar-refractivity contribution in [3.8, 4) is 5.88 Å². The van der Waals surface area contributed by atoms with E-state index in [1.165, 1.54) is 6.20 Å². The molecule has 206 valence electrons. The van der Waals surface area contributed by atoms with Crippen LogP contribution in [0.3, 0.4) is 0 Å². The van der Waals surface area contributed by atoms with Crippen molar-refractivity contribution in [3.05, 3.63) is 64.2 Å². The summed E-state index contributed by atoms with van der Waals surface area (Å²) in [7, 11) is 1.74. The third-order valence-corrected chi connectivity index (χ3v) is 7.18. The zero-order valence-electron chi connectivity index (χ0n) is 22.5. The van der Waals surface area contributed by atoms with Crippen molar-refractivity contribution in [2.24, 2.45) is 0 Å². The van der Waals surface area contributed by atoms with Crippen LogP contribution in [0.1, 0.15) is 22.8 Å². The van der Waals surface area contributed by atoms with E-state index in [-0.39, 0.29) is 11.7 Å². The lowest BCUT2D eigenvalue weighted by Gasteiger charge is -2.37. The number of fused-ring (bicyclic) bond motifs is 1. The van der Waals surface area contributed by atoms with Crippen molar-refractivity contribution in [1.29, 1.82) is 0 Å². The van der Waals surface area contributed by atoms with Crippen molar-refractivity contribution in [2.45, 2.75) is 20.0 Å². The maximum absolute atomic E-state index is 13.3. The Morgan fingerprint density at radius 2 is 1.92 bits per heavy atom. The van der Waals surface area contributed by atoms with Crippen LogP contribution in [0.2, 0.25) is 0 Å². The molecule has 0 aliphatic carbocycles. The molecule has 4 heterocycles. The number of hydrogen-bond donors (Lipinski definition) is 4. The first kappa shape index (κ1) is 26.5. The number of nitrogens with one attached hydrogen (secondary N) is 4. The summed E-state index contributed by atoms with van der Waals surface area (Å²) < 4.78 is 11.0. The van der Waals surface area contributed by atoms with E-state index >= 15 is 0 Å². The van der Waals surface area contributed by atoms with Gasteiger partial charge in [-0.05, 0) is 44.2 Å². The quantitative estimate of drug-likeness (QED) is 0.346. The van der Waals surface area contributed by atoms with Crippen molar-refractivity contribution in [3.63, 3.8) is 0 Å². The minimum atomic E-state index is -0.502. The Bertz CT molecular complexity index is 1370. The van der Waals surface area contributed by atoms with Crippen LogP contribution in [-0.4, -0.2) is 79.9 Å². The van der Waals surface area contributed by atoms with Gasteiger partial charge >= 0.3 is 0 Å². The fourth-order valence-corrected chi connectivity index (χ4v) is 4.88. The number of hydrogen-bond acceptors (Lipinski definition) is 9. The van der Waals surface area contributed by atoms with E-state index in [1.807, 2.05) is 31.2 Å². The Morgan fingerprint density at radius 3 is 2.67 bits per heavy atom. The number of benzene rings is 1. The van der Waals surface area contributed by atoms with Crippen molar-refractivity contribution < 1.29 is 14.3 Å². The molecule has 0 saturated carbocycles. The first-order valence-corrected chi connectivity index (χ1v) is 13.2. The number of H-pyrrole nitrogens is 1. The normalized spacial score (nSPS) is 16.0. The summed E-state index contributed by atoms with van der Waals surface area (Å²) in [6.45, 7) is 9.97. The number of aromatic amines is 1. The smallest absolute Gasteiger partial charge is 0.263 e. The van der Waals surface area contributed by atoms with Crippen molar-refractivity contribution >= 4 is 34.3 Å². The van der Waals surface area contributed by atoms with Crippen LogP contribution in [0.15, 0.2) is 47.5 Å². The number of piperazine rings is 1. The molecule has 1 amide bonds. The second kappa shape index (κ2) is 11.7. The van der Waals surface area contributed by atoms with E-state index in [0.29, 0.717) is 36.1 Å². The van der Waals surface area contributed by atoms with Crippen LogP contribution in [-0.2, 0) is 4.74 Å². The van der Waals surface area contributed by atoms with Gasteiger partial charge in [-0.2, -0.15) is 0 Å². The molecule has 2 aromatic heterocycles. The molecule has 3 aromatic rings. The largest absolute Gasteiger partial charge is 0.474 e. The maximum atomic E-state index is 13.3. The number of carbonyl (C=O) groups is 1. The van der Waals surface area contributed by atoms with Gasteiger partial charge in [0.15, 0.2) is 0 Å². The Morgan fingerprint density at radius 1 is 1.15 bits per heavy atom. The summed E-state index contributed by atoms with van der Waals surface area (Å²) in [5.41, 5.74) is 3.95. The summed E-state index contributed by atoms with van der Waals surface area (Å²) in [5.74, 6) is 0.0391. The molecule has 0 radical (unpaired) electrons. The minimum Gasteiger partial charge on any atom is -0.474 e. The molecule has 1 unspecified atom stereocenters. The molecule has 1 fully saturated rings. The molecule has 1 saturated heterocycles. The third-order valence-electron chi connectivity index (χ3n) is 7.18. The number of carbonyl (C=O) groups excluding carboxylic acids is 1. The lowest BCUT2D eigenvalue weighted by Crippen LogP contribution is -2.48. The average Bonchev–Trinajstić information content (AvgIpc) is 2.95. The minimum absolute atomic E-state index is 0.00989. The first-order valence-electron chi connectivity index (χ1n) is 13.2. The maximum Gasteiger partial charge on any atom is 0.263 e. The first-order chi connectivity index (χ1) is 18.9. The SMILES string of the molecule is COC(C)CN1CCN(c2ccc(NC(=O)c3c(Nc4cnc5c(c4C)NCCO5)cc[nH]c3=O)cc2)CC1. The Labute approximate surface area is 227 Å². The molecule has 11 heteroatoms. The molecule has 39 heavy (non-hydrogen) atoms. The van der Waals surface area contributed by atoms with Crippen LogP contribution in [0, 0.1) is 6.92 Å². The number of amides is 1. The number of aromatic nitrogens is 2. The molecule has 4 N–H and O–H groups in total. The Balaban J connectivity index is 1.26. The fraction of sp³-hybridized carbons (Fsp3) is 0.393. The monoisotopic (exact) mass is 533 g/mol. The van der Waals surface area contributed by atoms with Gasteiger partial charge in [-0.3, -0.25) is 14.5 Å². The molecule has 1 atom stereocenters. The Kier molecular flexibility index (Phi) is 7.99. The van der Waals surface area contributed by atoms with E-state index in [1.54, 1.807) is 19.4 Å². The highest BCUT2D eigenvalue weighted by atomic mass is 16.5. The number of nitrogens with zero attached hydrogens (tertiary/aromatic N) is 3. The van der Waals surface area contributed by atoms with E-state index in [2.05, 4.69) is 42.6 Å². The topological polar surface area (TPSA) is 124 Å². The summed E-state index contributed by atoms with van der Waals surface area (Å²) in [6, 6.07) is 9.37. The van der Waals surface area contributed by atoms with E-state index in [0.717, 1.165) is 49.7 Å². The van der Waals surface area contributed by atoms with E-state index in [9.17, 15) is 9.59 Å². The summed E-state index contributed by atoms with van der Waals surface area (Å²) >= 11 is 0. The number of anilines is 5. The molecule has 11 nitrogen and oxygen atoms in total.